The van der Waals surface area contributed by atoms with Gasteiger partial charge in [0.05, 0.1) is 12.4 Å². The third kappa shape index (κ3) is 5.11. The molecule has 0 bridgehead atoms. The molecule has 1 aliphatic rings. The lowest BCUT2D eigenvalue weighted by Crippen LogP contribution is -2.34. The van der Waals surface area contributed by atoms with Crippen LogP contribution in [-0.2, 0) is 16.4 Å². The van der Waals surface area contributed by atoms with Gasteiger partial charge in [-0.1, -0.05) is 19.1 Å². The normalized spacial score (nSPS) is 17.4. The van der Waals surface area contributed by atoms with Gasteiger partial charge in [-0.05, 0) is 39.7 Å². The zero-order valence-electron chi connectivity index (χ0n) is 14.4. The fourth-order valence-corrected chi connectivity index (χ4v) is 3.98. The van der Waals surface area contributed by atoms with Crippen LogP contribution in [0.3, 0.4) is 0 Å². The maximum absolute atomic E-state index is 11.9. The van der Waals surface area contributed by atoms with Gasteiger partial charge < -0.3 is 9.47 Å². The maximum Gasteiger partial charge on any atom is 0.211 e. The third-order valence-electron chi connectivity index (χ3n) is 3.86. The van der Waals surface area contributed by atoms with E-state index in [2.05, 4.69) is 4.72 Å². The van der Waals surface area contributed by atoms with Crippen LogP contribution >= 0.6 is 0 Å². The average molecular weight is 341 g/mol. The Morgan fingerprint density at radius 3 is 2.83 bits per heavy atom. The molecule has 0 saturated carbocycles. The van der Waals surface area contributed by atoms with E-state index in [0.29, 0.717) is 18.8 Å². The van der Waals surface area contributed by atoms with Crippen LogP contribution in [0.15, 0.2) is 18.2 Å². The minimum absolute atomic E-state index is 0.0334. The number of benzene rings is 1. The van der Waals surface area contributed by atoms with Crippen LogP contribution in [0.2, 0.25) is 0 Å². The molecule has 6 heteroatoms. The highest BCUT2D eigenvalue weighted by molar-refractivity contribution is 7.89. The minimum atomic E-state index is -3.24. The predicted octanol–water partition coefficient (Wildman–Crippen LogP) is 2.89. The maximum atomic E-state index is 11.9. The van der Waals surface area contributed by atoms with Gasteiger partial charge in [0.1, 0.15) is 5.60 Å². The third-order valence-corrected chi connectivity index (χ3v) is 5.45. The van der Waals surface area contributed by atoms with Crippen LogP contribution < -0.4 is 14.2 Å². The molecule has 0 aromatic heterocycles. The Morgan fingerprint density at radius 1 is 1.39 bits per heavy atom. The predicted molar refractivity (Wildman–Crippen MR) is 91.6 cm³/mol. The Kier molecular flexibility index (Phi) is 5.57. The van der Waals surface area contributed by atoms with Gasteiger partial charge >= 0.3 is 0 Å². The SMILES string of the molecule is CCC(C)NS(=O)(=O)CCCOc1cccc2c1OC(C)(C)C2. The molecule has 2 rings (SSSR count). The zero-order valence-corrected chi connectivity index (χ0v) is 15.2. The van der Waals surface area contributed by atoms with Crippen molar-refractivity contribution in [2.45, 2.75) is 58.6 Å². The summed E-state index contributed by atoms with van der Waals surface area (Å²) in [5.41, 5.74) is 0.921. The molecule has 1 heterocycles. The molecule has 1 atom stereocenters. The topological polar surface area (TPSA) is 64.6 Å². The lowest BCUT2D eigenvalue weighted by molar-refractivity contribution is 0.132. The summed E-state index contributed by atoms with van der Waals surface area (Å²) in [7, 11) is -3.24. The number of hydrogen-bond acceptors (Lipinski definition) is 4. The monoisotopic (exact) mass is 341 g/mol. The van der Waals surface area contributed by atoms with Crippen molar-refractivity contribution < 1.29 is 17.9 Å². The number of para-hydroxylation sites is 1. The lowest BCUT2D eigenvalue weighted by atomic mass is 10.0. The number of sulfonamides is 1. The summed E-state index contributed by atoms with van der Waals surface area (Å²) in [5, 5.41) is 0. The van der Waals surface area contributed by atoms with Crippen molar-refractivity contribution in [1.29, 1.82) is 0 Å². The van der Waals surface area contributed by atoms with Crippen LogP contribution in [-0.4, -0.2) is 32.4 Å². The van der Waals surface area contributed by atoms with Gasteiger partial charge in [-0.15, -0.1) is 0 Å². The van der Waals surface area contributed by atoms with Crippen molar-refractivity contribution in [2.24, 2.45) is 0 Å². The van der Waals surface area contributed by atoms with E-state index in [1.165, 1.54) is 0 Å². The molecule has 0 aliphatic carbocycles. The Balaban J connectivity index is 1.86. The smallest absolute Gasteiger partial charge is 0.211 e. The first-order valence-corrected chi connectivity index (χ1v) is 9.81. The summed E-state index contributed by atoms with van der Waals surface area (Å²) < 4.78 is 38.1. The van der Waals surface area contributed by atoms with Gasteiger partial charge in [0.2, 0.25) is 10.0 Å². The molecule has 1 N–H and O–H groups in total. The van der Waals surface area contributed by atoms with Crippen LogP contribution in [0.5, 0.6) is 11.5 Å². The molecular weight excluding hydrogens is 314 g/mol. The van der Waals surface area contributed by atoms with E-state index >= 15 is 0 Å². The molecular formula is C17H27NO4S. The fraction of sp³-hybridized carbons (Fsp3) is 0.647. The lowest BCUT2D eigenvalue weighted by Gasteiger charge is -2.18. The molecule has 0 spiro atoms. The van der Waals surface area contributed by atoms with E-state index < -0.39 is 10.0 Å². The molecule has 1 aromatic rings. The number of nitrogens with one attached hydrogen (secondary N) is 1. The summed E-state index contributed by atoms with van der Waals surface area (Å²) in [4.78, 5) is 0. The number of rotatable bonds is 8. The van der Waals surface area contributed by atoms with Crippen molar-refractivity contribution in [3.05, 3.63) is 23.8 Å². The summed E-state index contributed by atoms with van der Waals surface area (Å²) in [5.74, 6) is 1.55. The molecule has 1 aromatic carbocycles. The average Bonchev–Trinajstić information content (AvgIpc) is 2.77. The molecule has 23 heavy (non-hydrogen) atoms. The summed E-state index contributed by atoms with van der Waals surface area (Å²) in [6.07, 6.45) is 2.07. The van der Waals surface area contributed by atoms with Gasteiger partial charge in [0.25, 0.3) is 0 Å². The fourth-order valence-electron chi connectivity index (χ4n) is 2.58. The van der Waals surface area contributed by atoms with E-state index in [0.717, 1.165) is 24.2 Å². The first-order chi connectivity index (χ1) is 10.7. The molecule has 5 nitrogen and oxygen atoms in total. The highest BCUT2D eigenvalue weighted by atomic mass is 32.2. The van der Waals surface area contributed by atoms with Gasteiger partial charge in [0, 0.05) is 18.0 Å². The molecule has 0 fully saturated rings. The van der Waals surface area contributed by atoms with Crippen LogP contribution in [0.25, 0.3) is 0 Å². The zero-order chi connectivity index (χ0) is 17.1. The molecule has 0 amide bonds. The molecule has 1 aliphatic heterocycles. The minimum Gasteiger partial charge on any atom is -0.490 e. The second kappa shape index (κ2) is 7.09. The summed E-state index contributed by atoms with van der Waals surface area (Å²) in [6, 6.07) is 5.82. The van der Waals surface area contributed by atoms with Crippen molar-refractivity contribution >= 4 is 10.0 Å². The Hall–Kier alpha value is -1.27. The van der Waals surface area contributed by atoms with E-state index in [1.54, 1.807) is 0 Å². The second-order valence-electron chi connectivity index (χ2n) is 6.73. The number of fused-ring (bicyclic) bond motifs is 1. The Labute approximate surface area is 139 Å². The van der Waals surface area contributed by atoms with Gasteiger partial charge in [0.15, 0.2) is 11.5 Å². The van der Waals surface area contributed by atoms with Gasteiger partial charge in [-0.25, -0.2) is 13.1 Å². The van der Waals surface area contributed by atoms with Crippen LogP contribution in [0.1, 0.15) is 46.1 Å². The van der Waals surface area contributed by atoms with Gasteiger partial charge in [-0.3, -0.25) is 0 Å². The van der Waals surface area contributed by atoms with Crippen molar-refractivity contribution in [3.63, 3.8) is 0 Å². The second-order valence-corrected chi connectivity index (χ2v) is 8.60. The Morgan fingerprint density at radius 2 is 2.13 bits per heavy atom. The van der Waals surface area contributed by atoms with E-state index in [1.807, 2.05) is 45.9 Å². The first-order valence-electron chi connectivity index (χ1n) is 8.16. The van der Waals surface area contributed by atoms with Crippen molar-refractivity contribution in [3.8, 4) is 11.5 Å². The highest BCUT2D eigenvalue weighted by Gasteiger charge is 2.32. The van der Waals surface area contributed by atoms with E-state index in [-0.39, 0.29) is 17.4 Å². The standard InChI is InChI=1S/C17H27NO4S/c1-5-13(2)18-23(19,20)11-7-10-21-15-9-6-8-14-12-17(3,4)22-16(14)15/h6,8-9,13,18H,5,7,10-12H2,1-4H3. The van der Waals surface area contributed by atoms with Gasteiger partial charge in [-0.2, -0.15) is 0 Å². The number of ether oxygens (including phenoxy) is 2. The molecule has 0 radical (unpaired) electrons. The first kappa shape index (κ1) is 18.1. The van der Waals surface area contributed by atoms with E-state index in [4.69, 9.17) is 9.47 Å². The van der Waals surface area contributed by atoms with Crippen LogP contribution in [0.4, 0.5) is 0 Å². The molecule has 0 saturated heterocycles. The van der Waals surface area contributed by atoms with Crippen molar-refractivity contribution in [1.82, 2.24) is 4.72 Å². The van der Waals surface area contributed by atoms with Crippen LogP contribution in [0, 0.1) is 0 Å². The van der Waals surface area contributed by atoms with E-state index in [9.17, 15) is 8.42 Å². The molecule has 1 unspecified atom stereocenters. The summed E-state index contributed by atoms with van der Waals surface area (Å²) in [6.45, 7) is 8.25. The van der Waals surface area contributed by atoms with Crippen molar-refractivity contribution in [2.75, 3.05) is 12.4 Å². The molecule has 130 valence electrons. The highest BCUT2D eigenvalue weighted by Crippen LogP contribution is 2.41. The number of hydrogen-bond donors (Lipinski definition) is 1. The largest absolute Gasteiger partial charge is 0.490 e. The summed E-state index contributed by atoms with van der Waals surface area (Å²) >= 11 is 0. The quantitative estimate of drug-likeness (QED) is 0.739. The Bertz CT molecular complexity index is 640.